The van der Waals surface area contributed by atoms with Gasteiger partial charge in [-0.3, -0.25) is 4.79 Å². The third kappa shape index (κ3) is 4.52. The second-order valence-corrected chi connectivity index (χ2v) is 6.06. The lowest BCUT2D eigenvalue weighted by molar-refractivity contribution is -0.117. The zero-order valence-corrected chi connectivity index (χ0v) is 14.7. The van der Waals surface area contributed by atoms with Gasteiger partial charge in [0.25, 0.3) is 0 Å². The fraction of sp³-hybridized carbons (Fsp3) is 0.263. The number of halogens is 2. The van der Waals surface area contributed by atoms with Gasteiger partial charge in [-0.15, -0.1) is 0 Å². The van der Waals surface area contributed by atoms with Crippen LogP contribution in [0.25, 0.3) is 0 Å². The lowest BCUT2D eigenvalue weighted by Crippen LogP contribution is -2.39. The van der Waals surface area contributed by atoms with Gasteiger partial charge in [0, 0.05) is 30.4 Å². The molecule has 3 amide bonds. The summed E-state index contributed by atoms with van der Waals surface area (Å²) >= 11 is 0. The molecule has 2 N–H and O–H groups in total. The van der Waals surface area contributed by atoms with Crippen LogP contribution in [0.5, 0.6) is 5.75 Å². The van der Waals surface area contributed by atoms with E-state index in [1.165, 1.54) is 6.07 Å². The van der Waals surface area contributed by atoms with Crippen LogP contribution in [0.15, 0.2) is 42.5 Å². The van der Waals surface area contributed by atoms with Gasteiger partial charge in [-0.2, -0.15) is 0 Å². The number of amides is 3. The lowest BCUT2D eigenvalue weighted by Gasteiger charge is -2.18. The van der Waals surface area contributed by atoms with Gasteiger partial charge in [0.1, 0.15) is 5.75 Å². The van der Waals surface area contributed by atoms with Crippen molar-refractivity contribution in [3.8, 4) is 5.75 Å². The molecule has 1 aliphatic heterocycles. The van der Waals surface area contributed by atoms with Crippen LogP contribution in [-0.4, -0.2) is 31.1 Å². The highest BCUT2D eigenvalue weighted by Gasteiger charge is 2.31. The van der Waals surface area contributed by atoms with Crippen molar-refractivity contribution < 1.29 is 23.1 Å². The highest BCUT2D eigenvalue weighted by atomic mass is 19.2. The Hall–Kier alpha value is -3.16. The number of ether oxygens (including phenoxy) is 1. The Morgan fingerprint density at radius 2 is 1.93 bits per heavy atom. The number of carbonyl (C=O) groups is 2. The molecule has 142 valence electrons. The molecule has 1 aliphatic rings. The molecule has 0 bridgehead atoms. The van der Waals surface area contributed by atoms with E-state index >= 15 is 0 Å². The van der Waals surface area contributed by atoms with E-state index in [0.717, 1.165) is 12.1 Å². The molecule has 1 saturated heterocycles. The molecule has 0 radical (unpaired) electrons. The molecule has 27 heavy (non-hydrogen) atoms. The molecule has 2 aromatic rings. The van der Waals surface area contributed by atoms with Crippen molar-refractivity contribution in [3.05, 3.63) is 54.1 Å². The molecule has 0 aromatic heterocycles. The predicted molar refractivity (Wildman–Crippen MR) is 96.9 cm³/mol. The molecular weight excluding hydrogens is 356 g/mol. The Balaban J connectivity index is 1.58. The van der Waals surface area contributed by atoms with Gasteiger partial charge in [0.15, 0.2) is 11.6 Å². The Morgan fingerprint density at radius 1 is 1.19 bits per heavy atom. The van der Waals surface area contributed by atoms with E-state index in [1.807, 2.05) is 6.92 Å². The molecule has 3 rings (SSSR count). The second kappa shape index (κ2) is 8.03. The first-order valence-electron chi connectivity index (χ1n) is 8.52. The van der Waals surface area contributed by atoms with Crippen LogP contribution in [0.4, 0.5) is 25.0 Å². The fourth-order valence-corrected chi connectivity index (χ4v) is 2.87. The van der Waals surface area contributed by atoms with E-state index in [2.05, 4.69) is 10.6 Å². The van der Waals surface area contributed by atoms with Crippen LogP contribution >= 0.6 is 0 Å². The summed E-state index contributed by atoms with van der Waals surface area (Å²) in [6.07, 6.45) is 0.151. The summed E-state index contributed by atoms with van der Waals surface area (Å²) in [6.45, 7) is 2.76. The summed E-state index contributed by atoms with van der Waals surface area (Å²) in [5.74, 6) is -1.44. The first-order chi connectivity index (χ1) is 13.0. The quantitative estimate of drug-likeness (QED) is 0.843. The van der Waals surface area contributed by atoms with E-state index in [-0.39, 0.29) is 18.0 Å². The van der Waals surface area contributed by atoms with Crippen molar-refractivity contribution in [2.75, 3.05) is 23.4 Å². The SMILES string of the molecule is CCOc1ccc(N2C[C@H](NC(=O)Nc3ccc(F)c(F)c3)CC2=O)cc1. The molecule has 0 spiro atoms. The Morgan fingerprint density at radius 3 is 2.59 bits per heavy atom. The Labute approximate surface area is 155 Å². The van der Waals surface area contributed by atoms with Gasteiger partial charge in [-0.05, 0) is 43.3 Å². The largest absolute Gasteiger partial charge is 0.494 e. The zero-order valence-electron chi connectivity index (χ0n) is 14.7. The van der Waals surface area contributed by atoms with Crippen molar-refractivity contribution in [1.82, 2.24) is 5.32 Å². The number of hydrogen-bond acceptors (Lipinski definition) is 3. The summed E-state index contributed by atoms with van der Waals surface area (Å²) in [5, 5.41) is 5.09. The Kier molecular flexibility index (Phi) is 5.54. The van der Waals surface area contributed by atoms with Crippen molar-refractivity contribution >= 4 is 23.3 Å². The maximum atomic E-state index is 13.2. The lowest BCUT2D eigenvalue weighted by atomic mass is 10.2. The first-order valence-corrected chi connectivity index (χ1v) is 8.52. The van der Waals surface area contributed by atoms with Gasteiger partial charge < -0.3 is 20.3 Å². The third-order valence-electron chi connectivity index (χ3n) is 4.10. The van der Waals surface area contributed by atoms with E-state index < -0.39 is 23.7 Å². The third-order valence-corrected chi connectivity index (χ3v) is 4.10. The number of anilines is 2. The summed E-state index contributed by atoms with van der Waals surface area (Å²) in [4.78, 5) is 25.9. The van der Waals surface area contributed by atoms with Gasteiger partial charge >= 0.3 is 6.03 Å². The summed E-state index contributed by atoms with van der Waals surface area (Å²) < 4.78 is 31.5. The average molecular weight is 375 g/mol. The Bertz CT molecular complexity index is 843. The van der Waals surface area contributed by atoms with Crippen LogP contribution in [0, 0.1) is 11.6 Å². The minimum atomic E-state index is -1.05. The predicted octanol–water partition coefficient (Wildman–Crippen LogP) is 3.29. The van der Waals surface area contributed by atoms with E-state index in [1.54, 1.807) is 29.2 Å². The average Bonchev–Trinajstić information content (AvgIpc) is 2.99. The maximum Gasteiger partial charge on any atom is 0.319 e. The highest BCUT2D eigenvalue weighted by Crippen LogP contribution is 2.24. The molecule has 8 heteroatoms. The van der Waals surface area contributed by atoms with Crippen molar-refractivity contribution in [1.29, 1.82) is 0 Å². The number of benzene rings is 2. The monoisotopic (exact) mass is 375 g/mol. The van der Waals surface area contributed by atoms with Gasteiger partial charge in [-0.25, -0.2) is 13.6 Å². The van der Waals surface area contributed by atoms with Crippen LogP contribution in [0.1, 0.15) is 13.3 Å². The summed E-state index contributed by atoms with van der Waals surface area (Å²) in [5.41, 5.74) is 0.841. The smallest absolute Gasteiger partial charge is 0.319 e. The van der Waals surface area contributed by atoms with Crippen molar-refractivity contribution in [2.45, 2.75) is 19.4 Å². The minimum Gasteiger partial charge on any atom is -0.494 e. The summed E-state index contributed by atoms with van der Waals surface area (Å²) in [6, 6.07) is 9.22. The number of nitrogens with one attached hydrogen (secondary N) is 2. The molecule has 1 fully saturated rings. The standard InChI is InChI=1S/C19H19F2N3O3/c1-2-27-15-6-4-14(5-7-15)24-11-13(10-18(24)25)23-19(26)22-12-3-8-16(20)17(21)9-12/h3-9,13H,2,10-11H2,1H3,(H2,22,23,26)/t13-/m1/s1. The van der Waals surface area contributed by atoms with Crippen LogP contribution < -0.4 is 20.3 Å². The highest BCUT2D eigenvalue weighted by molar-refractivity contribution is 5.97. The minimum absolute atomic E-state index is 0.114. The maximum absolute atomic E-state index is 13.2. The molecular formula is C19H19F2N3O3. The molecule has 2 aromatic carbocycles. The van der Waals surface area contributed by atoms with Gasteiger partial charge in [0.2, 0.25) is 5.91 Å². The number of hydrogen-bond donors (Lipinski definition) is 2. The molecule has 1 heterocycles. The molecule has 6 nitrogen and oxygen atoms in total. The second-order valence-electron chi connectivity index (χ2n) is 6.06. The van der Waals surface area contributed by atoms with E-state index in [0.29, 0.717) is 24.6 Å². The summed E-state index contributed by atoms with van der Waals surface area (Å²) in [7, 11) is 0. The van der Waals surface area contributed by atoms with E-state index in [4.69, 9.17) is 4.74 Å². The fourth-order valence-electron chi connectivity index (χ4n) is 2.87. The van der Waals surface area contributed by atoms with E-state index in [9.17, 15) is 18.4 Å². The topological polar surface area (TPSA) is 70.7 Å². The number of nitrogens with zero attached hydrogens (tertiary/aromatic N) is 1. The number of rotatable bonds is 5. The molecule has 1 atom stereocenters. The van der Waals surface area contributed by atoms with Gasteiger partial charge in [0.05, 0.1) is 12.6 Å². The van der Waals surface area contributed by atoms with Gasteiger partial charge in [-0.1, -0.05) is 0 Å². The van der Waals surface area contributed by atoms with Crippen molar-refractivity contribution in [2.24, 2.45) is 0 Å². The first kappa shape index (κ1) is 18.6. The van der Waals surface area contributed by atoms with Crippen LogP contribution in [-0.2, 0) is 4.79 Å². The number of carbonyl (C=O) groups excluding carboxylic acids is 2. The molecule has 0 aliphatic carbocycles. The zero-order chi connectivity index (χ0) is 19.4. The normalized spacial score (nSPS) is 16.3. The van der Waals surface area contributed by atoms with Crippen molar-refractivity contribution in [3.63, 3.8) is 0 Å². The molecule has 0 unspecified atom stereocenters. The van der Waals surface area contributed by atoms with Crippen LogP contribution in [0.2, 0.25) is 0 Å². The number of urea groups is 1. The van der Waals surface area contributed by atoms with Crippen LogP contribution in [0.3, 0.4) is 0 Å². The molecule has 0 saturated carbocycles.